The van der Waals surface area contributed by atoms with Crippen molar-refractivity contribution in [1.82, 2.24) is 20.3 Å². The summed E-state index contributed by atoms with van der Waals surface area (Å²) >= 11 is 0. The number of carbonyl (C=O) groups excluding carboxylic acids is 2. The Bertz CT molecular complexity index is 1630. The summed E-state index contributed by atoms with van der Waals surface area (Å²) in [5.41, 5.74) is 4.16. The number of halogens is 3. The summed E-state index contributed by atoms with van der Waals surface area (Å²) in [4.78, 5) is 55.8. The number of carbonyl (C=O) groups is 3. The van der Waals surface area contributed by atoms with Gasteiger partial charge in [0.15, 0.2) is 0 Å². The maximum atomic E-state index is 13.3. The van der Waals surface area contributed by atoms with E-state index in [1.165, 1.54) is 12.1 Å². The number of amides is 1. The first-order chi connectivity index (χ1) is 21.3. The monoisotopic (exact) mass is 629 g/mol. The Labute approximate surface area is 256 Å². The van der Waals surface area contributed by atoms with Crippen LogP contribution in [0, 0.1) is 17.0 Å². The largest absolute Gasteiger partial charge is 0.490 e. The fourth-order valence-electron chi connectivity index (χ4n) is 4.70. The van der Waals surface area contributed by atoms with Gasteiger partial charge in [-0.25, -0.2) is 9.78 Å². The van der Waals surface area contributed by atoms with Crippen LogP contribution in [-0.4, -0.2) is 48.8 Å². The number of aliphatic carboxylic acids is 1. The number of imidazole rings is 1. The average Bonchev–Trinajstić information content (AvgIpc) is 3.61. The zero-order chi connectivity index (χ0) is 33.1. The molecule has 0 spiro atoms. The number of ketones is 1. The molecule has 1 amide bonds. The summed E-state index contributed by atoms with van der Waals surface area (Å²) in [5.74, 6) is -2.01. The highest BCUT2D eigenvalue weighted by molar-refractivity contribution is 5.91. The molecule has 2 aromatic carbocycles. The minimum absolute atomic E-state index is 0.0124. The number of hydrogen-bond acceptors (Lipinski definition) is 6. The van der Waals surface area contributed by atoms with Gasteiger partial charge in [-0.2, -0.15) is 13.2 Å². The molecule has 2 heterocycles. The summed E-state index contributed by atoms with van der Waals surface area (Å²) < 4.78 is 31.7. The Morgan fingerprint density at radius 2 is 1.76 bits per heavy atom. The number of carboxylic acid groups (broad SMARTS) is 1. The smallest absolute Gasteiger partial charge is 0.475 e. The van der Waals surface area contributed by atoms with Crippen LogP contribution < -0.4 is 5.32 Å². The topological polar surface area (TPSA) is 171 Å². The number of alkyl halides is 3. The lowest BCUT2D eigenvalue weighted by Crippen LogP contribution is -2.30. The third kappa shape index (κ3) is 10.0. The van der Waals surface area contributed by atoms with Gasteiger partial charge in [0.05, 0.1) is 29.3 Å². The van der Waals surface area contributed by atoms with Crippen molar-refractivity contribution in [3.05, 3.63) is 81.9 Å². The molecule has 1 atom stereocenters. The number of fused-ring (bicyclic) bond motifs is 1. The van der Waals surface area contributed by atoms with Crippen LogP contribution in [0.3, 0.4) is 0 Å². The number of hydrogen-bond donors (Lipinski definition) is 4. The number of carboxylic acids is 1. The number of aryl methyl sites for hydroxylation is 1. The standard InChI is InChI=1S/C29H33N5O4.C2HF3O2/c1-3-22(35)12-8-5-9-13-26(29-30-18-27(33-29)20-10-6-4-7-11-20)32-28(36)17-23-19(2)31-25-15-14-21(34(37)38)16-24(23)25;3-2(4,5)1(6)7/h4,6-7,10-11,14-16,18,26,31H,3,5,8-9,12-13,17H2,1-2H3,(H,30,33)(H,32,36);(H,6,7)/t26-;/m0./s1. The molecule has 4 N–H and O–H groups in total. The molecule has 11 nitrogen and oxygen atoms in total. The van der Waals surface area contributed by atoms with Gasteiger partial charge in [-0.05, 0) is 37.0 Å². The number of nitro benzene ring substituents is 1. The van der Waals surface area contributed by atoms with E-state index in [0.717, 1.165) is 47.3 Å². The lowest BCUT2D eigenvalue weighted by molar-refractivity contribution is -0.384. The van der Waals surface area contributed by atoms with E-state index in [4.69, 9.17) is 9.90 Å². The van der Waals surface area contributed by atoms with E-state index in [1.54, 1.807) is 12.3 Å². The van der Waals surface area contributed by atoms with E-state index in [1.807, 2.05) is 44.2 Å². The van der Waals surface area contributed by atoms with Gasteiger partial charge in [0.2, 0.25) is 5.91 Å². The van der Waals surface area contributed by atoms with Gasteiger partial charge in [-0.1, -0.05) is 50.1 Å². The van der Waals surface area contributed by atoms with Crippen LogP contribution >= 0.6 is 0 Å². The van der Waals surface area contributed by atoms with E-state index >= 15 is 0 Å². The van der Waals surface area contributed by atoms with Crippen molar-refractivity contribution in [3.63, 3.8) is 0 Å². The van der Waals surface area contributed by atoms with Crippen molar-refractivity contribution >= 4 is 34.3 Å². The molecule has 14 heteroatoms. The molecule has 4 rings (SSSR count). The summed E-state index contributed by atoms with van der Waals surface area (Å²) in [5, 5.41) is 22.2. The van der Waals surface area contributed by atoms with Gasteiger partial charge in [0.1, 0.15) is 11.6 Å². The fourth-order valence-corrected chi connectivity index (χ4v) is 4.70. The number of rotatable bonds is 13. The Morgan fingerprint density at radius 1 is 1.07 bits per heavy atom. The third-order valence-corrected chi connectivity index (χ3v) is 7.08. The number of nitro groups is 1. The van der Waals surface area contributed by atoms with Crippen molar-refractivity contribution < 1.29 is 37.6 Å². The molecule has 0 bridgehead atoms. The maximum Gasteiger partial charge on any atom is 0.490 e. The van der Waals surface area contributed by atoms with Crippen LogP contribution in [0.5, 0.6) is 0 Å². The molecule has 4 aromatic rings. The van der Waals surface area contributed by atoms with E-state index in [2.05, 4.69) is 20.3 Å². The lowest BCUT2D eigenvalue weighted by Gasteiger charge is -2.17. The molecule has 0 unspecified atom stereocenters. The molecule has 45 heavy (non-hydrogen) atoms. The number of aromatic amines is 2. The summed E-state index contributed by atoms with van der Waals surface area (Å²) in [6, 6.07) is 14.2. The molecule has 0 saturated carbocycles. The predicted molar refractivity (Wildman–Crippen MR) is 160 cm³/mol. The minimum atomic E-state index is -5.08. The second kappa shape index (κ2) is 15.6. The fraction of sp³-hybridized carbons (Fsp3) is 0.355. The number of aromatic nitrogens is 3. The van der Waals surface area contributed by atoms with Crippen molar-refractivity contribution in [3.8, 4) is 11.3 Å². The molecule has 0 saturated heterocycles. The lowest BCUT2D eigenvalue weighted by atomic mass is 10.0. The van der Waals surface area contributed by atoms with Crippen LogP contribution in [0.25, 0.3) is 22.2 Å². The molecule has 2 aromatic heterocycles. The third-order valence-electron chi connectivity index (χ3n) is 7.08. The van der Waals surface area contributed by atoms with Gasteiger partial charge >= 0.3 is 12.1 Å². The molecule has 0 aliphatic carbocycles. The van der Waals surface area contributed by atoms with Crippen molar-refractivity contribution in [1.29, 1.82) is 0 Å². The van der Waals surface area contributed by atoms with Gasteiger partial charge < -0.3 is 20.4 Å². The highest BCUT2D eigenvalue weighted by atomic mass is 19.4. The predicted octanol–water partition coefficient (Wildman–Crippen LogP) is 6.74. The first kappa shape index (κ1) is 34.5. The summed E-state index contributed by atoms with van der Waals surface area (Å²) in [6.07, 6.45) is 1.13. The van der Waals surface area contributed by atoms with Crippen LogP contribution in [0.15, 0.2) is 54.7 Å². The number of nitrogens with one attached hydrogen (secondary N) is 3. The second-order valence-electron chi connectivity index (χ2n) is 10.4. The van der Waals surface area contributed by atoms with E-state index < -0.39 is 17.1 Å². The second-order valence-corrected chi connectivity index (χ2v) is 10.4. The van der Waals surface area contributed by atoms with Crippen LogP contribution in [0.1, 0.15) is 68.6 Å². The number of unbranched alkanes of at least 4 members (excludes halogenated alkanes) is 2. The number of nitrogens with zero attached hydrogens (tertiary/aromatic N) is 2. The zero-order valence-electron chi connectivity index (χ0n) is 24.7. The number of non-ortho nitro benzene ring substituents is 1. The number of Topliss-reactive ketones (excluding diaryl/α,β-unsaturated/α-hetero) is 1. The normalized spacial score (nSPS) is 11.8. The van der Waals surface area contributed by atoms with Crippen molar-refractivity contribution in [2.75, 3.05) is 0 Å². The maximum absolute atomic E-state index is 13.3. The van der Waals surface area contributed by atoms with Gasteiger partial charge in [-0.15, -0.1) is 0 Å². The molecule has 0 fully saturated rings. The zero-order valence-corrected chi connectivity index (χ0v) is 24.7. The molecule has 240 valence electrons. The Balaban J connectivity index is 0.000000707. The highest BCUT2D eigenvalue weighted by Crippen LogP contribution is 2.28. The first-order valence-corrected chi connectivity index (χ1v) is 14.3. The average molecular weight is 630 g/mol. The molecule has 0 aliphatic heterocycles. The Kier molecular flexibility index (Phi) is 12.0. The Morgan fingerprint density at radius 3 is 2.38 bits per heavy atom. The summed E-state index contributed by atoms with van der Waals surface area (Å²) in [6.45, 7) is 3.74. The molecule has 0 radical (unpaired) electrons. The first-order valence-electron chi connectivity index (χ1n) is 14.3. The van der Waals surface area contributed by atoms with E-state index in [9.17, 15) is 32.9 Å². The van der Waals surface area contributed by atoms with Gasteiger partial charge in [-0.3, -0.25) is 19.7 Å². The summed E-state index contributed by atoms with van der Waals surface area (Å²) in [7, 11) is 0. The highest BCUT2D eigenvalue weighted by Gasteiger charge is 2.38. The van der Waals surface area contributed by atoms with Crippen molar-refractivity contribution in [2.45, 2.75) is 71.0 Å². The number of H-pyrrole nitrogens is 2. The molecular weight excluding hydrogens is 595 g/mol. The van der Waals surface area contributed by atoms with Crippen LogP contribution in [-0.2, 0) is 20.8 Å². The van der Waals surface area contributed by atoms with Crippen LogP contribution in [0.4, 0.5) is 18.9 Å². The molecular formula is C31H34F3N5O6. The van der Waals surface area contributed by atoms with Crippen LogP contribution in [0.2, 0.25) is 0 Å². The number of benzene rings is 2. The van der Waals surface area contributed by atoms with Crippen molar-refractivity contribution in [2.24, 2.45) is 0 Å². The quantitative estimate of drug-likeness (QED) is 0.0721. The van der Waals surface area contributed by atoms with Gasteiger partial charge in [0, 0.05) is 41.6 Å². The van der Waals surface area contributed by atoms with Gasteiger partial charge in [0.25, 0.3) is 5.69 Å². The van der Waals surface area contributed by atoms with E-state index in [-0.39, 0.29) is 29.8 Å². The minimum Gasteiger partial charge on any atom is -0.475 e. The van der Waals surface area contributed by atoms with E-state index in [0.29, 0.717) is 30.5 Å². The Hall–Kier alpha value is -5.01. The SMILES string of the molecule is CCC(=O)CCCCC[C@H](NC(=O)Cc1c(C)[nH]c2ccc([N+](=O)[O-])cc12)c1ncc(-c2ccccc2)[nH]1.O=C(O)C(F)(F)F. The molecule has 0 aliphatic rings.